The summed E-state index contributed by atoms with van der Waals surface area (Å²) < 4.78 is 4.76. The van der Waals surface area contributed by atoms with E-state index >= 15 is 0 Å². The lowest BCUT2D eigenvalue weighted by Crippen LogP contribution is -2.17. The maximum absolute atomic E-state index is 9.09. The van der Waals surface area contributed by atoms with E-state index in [9.17, 15) is 0 Å². The van der Waals surface area contributed by atoms with E-state index in [-0.39, 0.29) is 11.3 Å². The van der Waals surface area contributed by atoms with E-state index in [2.05, 4.69) is 30.6 Å². The molecule has 0 aromatic carbocycles. The second-order valence-electron chi connectivity index (χ2n) is 1.82. The number of hydrogen-bond donors (Lipinski definition) is 3. The summed E-state index contributed by atoms with van der Waals surface area (Å²) in [4.78, 5) is 9.09. The Balaban J connectivity index is 0. The van der Waals surface area contributed by atoms with Gasteiger partial charge < -0.3 is 16.2 Å². The summed E-state index contributed by atoms with van der Waals surface area (Å²) in [5, 5.41) is -0.519. The van der Waals surface area contributed by atoms with Crippen LogP contribution in [-0.2, 0) is 4.74 Å². The third-order valence-corrected chi connectivity index (χ3v) is 0.448. The van der Waals surface area contributed by atoms with Gasteiger partial charge in [-0.25, -0.2) is 0 Å². The molecule has 4 N–H and O–H groups in total. The van der Waals surface area contributed by atoms with Crippen molar-refractivity contribution in [3.8, 4) is 0 Å². The molecule has 0 atom stereocenters. The van der Waals surface area contributed by atoms with E-state index in [4.69, 9.17) is 15.3 Å². The number of thiocarbonyl (C=S) groups is 1. The predicted octanol–water partition coefficient (Wildman–Crippen LogP) is 0.650. The van der Waals surface area contributed by atoms with Gasteiger partial charge in [0.05, 0.1) is 6.10 Å². The van der Waals surface area contributed by atoms with Gasteiger partial charge in [-0.3, -0.25) is 4.79 Å². The van der Waals surface area contributed by atoms with Gasteiger partial charge in [0.15, 0.2) is 0 Å². The van der Waals surface area contributed by atoms with Gasteiger partial charge in [-0.1, -0.05) is 12.6 Å². The topological polar surface area (TPSA) is 78.3 Å². The Hall–Kier alpha value is -0.490. The molecular weight excluding hydrogens is 184 g/mol. The monoisotopic (exact) mass is 196 g/mol. The van der Waals surface area contributed by atoms with Crippen LogP contribution < -0.4 is 11.5 Å². The van der Waals surface area contributed by atoms with Gasteiger partial charge in [0.2, 0.25) is 0 Å². The molecule has 66 valence electrons. The smallest absolute Gasteiger partial charge is 0.273 e. The first-order valence-corrected chi connectivity index (χ1v) is 3.66. The fourth-order valence-electron chi connectivity index (χ4n) is 0.232. The van der Waals surface area contributed by atoms with Crippen molar-refractivity contribution in [3.63, 3.8) is 0 Å². The van der Waals surface area contributed by atoms with Crippen LogP contribution in [0.1, 0.15) is 13.8 Å². The van der Waals surface area contributed by atoms with Gasteiger partial charge in [-0.15, -0.1) is 0 Å². The van der Waals surface area contributed by atoms with Crippen molar-refractivity contribution in [2.75, 3.05) is 0 Å². The van der Waals surface area contributed by atoms with Gasteiger partial charge in [0, 0.05) is 0 Å². The van der Waals surface area contributed by atoms with Gasteiger partial charge in [-0.05, 0) is 26.1 Å². The maximum Gasteiger partial charge on any atom is 0.273 e. The summed E-state index contributed by atoms with van der Waals surface area (Å²) >= 11 is 7.53. The van der Waals surface area contributed by atoms with Crippen LogP contribution in [0, 0.1) is 0 Å². The van der Waals surface area contributed by atoms with Crippen molar-refractivity contribution in [1.29, 1.82) is 0 Å². The molecular formula is C5H12N2O2S2. The highest BCUT2D eigenvalue weighted by Crippen LogP contribution is 1.84. The SMILES string of the molecule is CC(C)OC(N)=S.NC(=O)S. The van der Waals surface area contributed by atoms with E-state index in [1.54, 1.807) is 0 Å². The zero-order valence-electron chi connectivity index (χ0n) is 6.40. The van der Waals surface area contributed by atoms with Crippen LogP contribution in [0.5, 0.6) is 0 Å². The number of thiol groups is 1. The summed E-state index contributed by atoms with van der Waals surface area (Å²) in [7, 11) is 0. The van der Waals surface area contributed by atoms with Crippen molar-refractivity contribution < 1.29 is 9.53 Å². The van der Waals surface area contributed by atoms with E-state index in [0.717, 1.165) is 0 Å². The highest BCUT2D eigenvalue weighted by molar-refractivity contribution is 7.96. The molecule has 0 saturated heterocycles. The fraction of sp³-hybridized carbons (Fsp3) is 0.600. The number of ether oxygens (including phenoxy) is 1. The molecule has 0 fully saturated rings. The first-order chi connectivity index (χ1) is 4.86. The van der Waals surface area contributed by atoms with Crippen LogP contribution in [0.25, 0.3) is 0 Å². The largest absolute Gasteiger partial charge is 0.468 e. The molecule has 1 amide bonds. The standard InChI is InChI=1S/C4H9NOS.CH3NOS/c1-3(2)6-4(5)7;2-1(3)4/h3H,1-2H3,(H2,5,7);(H3,2,3,4). The Morgan fingerprint density at radius 3 is 1.82 bits per heavy atom. The van der Waals surface area contributed by atoms with Crippen molar-refractivity contribution in [3.05, 3.63) is 0 Å². The minimum Gasteiger partial charge on any atom is -0.468 e. The van der Waals surface area contributed by atoms with E-state index in [0.29, 0.717) is 0 Å². The fourth-order valence-corrected chi connectivity index (χ4v) is 0.425. The molecule has 0 aromatic rings. The van der Waals surface area contributed by atoms with Crippen molar-refractivity contribution in [2.24, 2.45) is 11.5 Å². The second kappa shape index (κ2) is 7.62. The lowest BCUT2D eigenvalue weighted by Gasteiger charge is -2.04. The zero-order chi connectivity index (χ0) is 9.44. The molecule has 4 nitrogen and oxygen atoms in total. The van der Waals surface area contributed by atoms with Crippen LogP contribution in [0.4, 0.5) is 4.79 Å². The number of primary amides is 1. The average molecular weight is 196 g/mol. The van der Waals surface area contributed by atoms with Crippen molar-refractivity contribution in [2.45, 2.75) is 20.0 Å². The van der Waals surface area contributed by atoms with Gasteiger partial charge in [-0.2, -0.15) is 0 Å². The average Bonchev–Trinajstić information content (AvgIpc) is 1.56. The Morgan fingerprint density at radius 2 is 1.82 bits per heavy atom. The van der Waals surface area contributed by atoms with E-state index < -0.39 is 5.24 Å². The minimum atomic E-state index is -0.639. The van der Waals surface area contributed by atoms with Crippen molar-refractivity contribution in [1.82, 2.24) is 0 Å². The zero-order valence-corrected chi connectivity index (χ0v) is 8.11. The Morgan fingerprint density at radius 1 is 1.55 bits per heavy atom. The third kappa shape index (κ3) is 43.5. The lowest BCUT2D eigenvalue weighted by atomic mass is 10.5. The first-order valence-electron chi connectivity index (χ1n) is 2.80. The van der Waals surface area contributed by atoms with Crippen LogP contribution in [0.2, 0.25) is 0 Å². The van der Waals surface area contributed by atoms with Gasteiger partial charge >= 0.3 is 0 Å². The minimum absolute atomic E-state index is 0.109. The molecule has 0 saturated carbocycles. The van der Waals surface area contributed by atoms with Gasteiger partial charge in [0.25, 0.3) is 10.4 Å². The number of rotatable bonds is 1. The molecule has 0 aliphatic carbocycles. The summed E-state index contributed by atoms with van der Waals surface area (Å²) in [6.45, 7) is 3.75. The summed E-state index contributed by atoms with van der Waals surface area (Å²) in [5.74, 6) is 0. The number of carbonyl (C=O) groups is 1. The molecule has 6 heteroatoms. The van der Waals surface area contributed by atoms with E-state index in [1.807, 2.05) is 13.8 Å². The molecule has 0 bridgehead atoms. The summed E-state index contributed by atoms with van der Waals surface area (Å²) in [6.07, 6.45) is 0.109. The van der Waals surface area contributed by atoms with Gasteiger partial charge in [0.1, 0.15) is 0 Å². The molecule has 0 aromatic heterocycles. The molecule has 0 unspecified atom stereocenters. The Kier molecular flexibility index (Phi) is 9.09. The predicted molar refractivity (Wildman–Crippen MR) is 51.6 cm³/mol. The quantitative estimate of drug-likeness (QED) is 0.425. The lowest BCUT2D eigenvalue weighted by molar-refractivity contribution is 0.232. The molecule has 0 aliphatic rings. The Bertz CT molecular complexity index is 134. The molecule has 0 spiro atoms. The highest BCUT2D eigenvalue weighted by atomic mass is 32.1. The number of nitrogens with two attached hydrogens (primary N) is 2. The first kappa shape index (κ1) is 13.1. The van der Waals surface area contributed by atoms with Crippen LogP contribution in [0.15, 0.2) is 0 Å². The van der Waals surface area contributed by atoms with E-state index in [1.165, 1.54) is 0 Å². The number of carbonyl (C=O) groups excluding carboxylic acids is 1. The maximum atomic E-state index is 9.09. The number of amides is 1. The van der Waals surface area contributed by atoms with Crippen LogP contribution >= 0.6 is 24.8 Å². The normalized spacial score (nSPS) is 8.00. The Labute approximate surface area is 76.7 Å². The van der Waals surface area contributed by atoms with Crippen molar-refractivity contribution >= 4 is 35.3 Å². The molecule has 11 heavy (non-hydrogen) atoms. The highest BCUT2D eigenvalue weighted by Gasteiger charge is 1.90. The summed E-state index contributed by atoms with van der Waals surface area (Å²) in [5.41, 5.74) is 9.34. The number of hydrogen-bond acceptors (Lipinski definition) is 3. The third-order valence-electron chi connectivity index (χ3n) is 0.352. The molecule has 0 rings (SSSR count). The van der Waals surface area contributed by atoms with Crippen LogP contribution in [-0.4, -0.2) is 16.5 Å². The molecule has 0 radical (unpaired) electrons. The second-order valence-corrected chi connectivity index (χ2v) is 2.67. The molecule has 0 aliphatic heterocycles. The summed E-state index contributed by atoms with van der Waals surface area (Å²) in [6, 6.07) is 0. The molecule has 0 heterocycles. The van der Waals surface area contributed by atoms with Crippen LogP contribution in [0.3, 0.4) is 0 Å².